The van der Waals surface area contributed by atoms with E-state index in [-0.39, 0.29) is 0 Å². The first-order chi connectivity index (χ1) is 5.63. The number of rotatable bonds is 2. The van der Waals surface area contributed by atoms with Gasteiger partial charge in [-0.3, -0.25) is 0 Å². The van der Waals surface area contributed by atoms with Gasteiger partial charge >= 0.3 is 0 Å². The number of hydrogen-bond donors (Lipinski definition) is 1. The second-order valence-electron chi connectivity index (χ2n) is 2.72. The average molecular weight is 188 g/mol. The Bertz CT molecular complexity index is 262. The Balaban J connectivity index is 2.94. The van der Waals surface area contributed by atoms with Crippen LogP contribution in [-0.2, 0) is 0 Å². The average Bonchev–Trinajstić information content (AvgIpc) is 2.04. The van der Waals surface area contributed by atoms with Crippen LogP contribution in [0, 0.1) is 0 Å². The summed E-state index contributed by atoms with van der Waals surface area (Å²) in [6, 6.07) is 6.41. The second-order valence-corrected chi connectivity index (χ2v) is 3.13. The molecule has 0 aliphatic heterocycles. The molecule has 1 nitrogen and oxygen atoms in total. The van der Waals surface area contributed by atoms with Gasteiger partial charge in [0.05, 0.1) is 6.04 Å². The van der Waals surface area contributed by atoms with E-state index in [1.807, 2.05) is 0 Å². The van der Waals surface area contributed by atoms with Crippen molar-refractivity contribution < 1.29 is 4.39 Å². The number of hydrogen-bond acceptors (Lipinski definition) is 1. The van der Waals surface area contributed by atoms with Crippen molar-refractivity contribution in [2.24, 2.45) is 5.73 Å². The van der Waals surface area contributed by atoms with Crippen molar-refractivity contribution in [3.8, 4) is 0 Å². The minimum atomic E-state index is -1.08. The van der Waals surface area contributed by atoms with Gasteiger partial charge in [0.25, 0.3) is 0 Å². The van der Waals surface area contributed by atoms with Gasteiger partial charge in [0.2, 0.25) is 0 Å². The van der Waals surface area contributed by atoms with Crippen LogP contribution in [0.3, 0.4) is 0 Å². The molecule has 12 heavy (non-hydrogen) atoms. The van der Waals surface area contributed by atoms with Crippen LogP contribution < -0.4 is 5.73 Å². The summed E-state index contributed by atoms with van der Waals surface area (Å²) in [5, 5.41) is 0.523. The van der Waals surface area contributed by atoms with E-state index in [0.29, 0.717) is 10.6 Å². The Kier molecular flexibility index (Phi) is 3.06. The fourth-order valence-corrected chi connectivity index (χ4v) is 1.25. The maximum Gasteiger partial charge on any atom is 0.117 e. The monoisotopic (exact) mass is 187 g/mol. The van der Waals surface area contributed by atoms with Crippen LogP contribution in [0.5, 0.6) is 0 Å². The highest BCUT2D eigenvalue weighted by Crippen LogP contribution is 2.24. The minimum absolute atomic E-state index is 0.523. The molecule has 1 aromatic rings. The van der Waals surface area contributed by atoms with Crippen molar-refractivity contribution in [3.63, 3.8) is 0 Å². The van der Waals surface area contributed by atoms with E-state index in [1.165, 1.54) is 6.92 Å². The number of nitrogens with two attached hydrogens (primary N) is 1. The van der Waals surface area contributed by atoms with Gasteiger partial charge in [-0.2, -0.15) is 0 Å². The highest BCUT2D eigenvalue weighted by Gasteiger charge is 2.15. The highest BCUT2D eigenvalue weighted by molar-refractivity contribution is 6.31. The first kappa shape index (κ1) is 9.49. The maximum atomic E-state index is 12.8. The molecule has 0 aromatic heterocycles. The van der Waals surface area contributed by atoms with Gasteiger partial charge in [-0.1, -0.05) is 29.8 Å². The van der Waals surface area contributed by atoms with Crippen LogP contribution in [0.2, 0.25) is 5.02 Å². The highest BCUT2D eigenvalue weighted by atomic mass is 35.5. The van der Waals surface area contributed by atoms with Crippen molar-refractivity contribution >= 4 is 11.6 Å². The summed E-state index contributed by atoms with van der Waals surface area (Å²) in [7, 11) is 0. The van der Waals surface area contributed by atoms with Crippen molar-refractivity contribution in [1.29, 1.82) is 0 Å². The van der Waals surface area contributed by atoms with Crippen LogP contribution in [0.1, 0.15) is 18.5 Å². The zero-order chi connectivity index (χ0) is 9.14. The first-order valence-corrected chi connectivity index (χ1v) is 4.15. The molecule has 0 fully saturated rings. The molecule has 1 rings (SSSR count). The van der Waals surface area contributed by atoms with E-state index in [0.717, 1.165) is 0 Å². The van der Waals surface area contributed by atoms with E-state index in [9.17, 15) is 4.39 Å². The standard InChI is InChI=1S/C9H11ClFN/c1-6(11)9(12)7-4-2-3-5-8(7)10/h2-6,9H,12H2,1H3. The molecule has 0 amide bonds. The topological polar surface area (TPSA) is 26.0 Å². The lowest BCUT2D eigenvalue weighted by Gasteiger charge is -2.14. The fourth-order valence-electron chi connectivity index (χ4n) is 0.993. The molecule has 0 aliphatic carbocycles. The third kappa shape index (κ3) is 1.96. The van der Waals surface area contributed by atoms with Crippen molar-refractivity contribution in [2.45, 2.75) is 19.1 Å². The summed E-state index contributed by atoms with van der Waals surface area (Å²) in [5.74, 6) is 0. The normalized spacial score (nSPS) is 15.7. The Morgan fingerprint density at radius 2 is 2.00 bits per heavy atom. The van der Waals surface area contributed by atoms with E-state index >= 15 is 0 Å². The Labute approximate surface area is 76.3 Å². The van der Waals surface area contributed by atoms with Gasteiger partial charge in [0.15, 0.2) is 0 Å². The van der Waals surface area contributed by atoms with Crippen molar-refractivity contribution in [2.75, 3.05) is 0 Å². The summed E-state index contributed by atoms with van der Waals surface area (Å²) in [4.78, 5) is 0. The number of alkyl halides is 1. The number of halogens is 2. The molecule has 66 valence electrons. The smallest absolute Gasteiger partial charge is 0.117 e. The van der Waals surface area contributed by atoms with Crippen LogP contribution in [0.25, 0.3) is 0 Å². The summed E-state index contributed by atoms with van der Waals surface area (Å²) >= 11 is 5.82. The fraction of sp³-hybridized carbons (Fsp3) is 0.333. The van der Waals surface area contributed by atoms with Crippen LogP contribution >= 0.6 is 11.6 Å². The Morgan fingerprint density at radius 1 is 1.42 bits per heavy atom. The van der Waals surface area contributed by atoms with Crippen LogP contribution in [0.15, 0.2) is 24.3 Å². The molecule has 0 spiro atoms. The summed E-state index contributed by atoms with van der Waals surface area (Å²) in [6.07, 6.45) is -1.08. The number of benzene rings is 1. The summed E-state index contributed by atoms with van der Waals surface area (Å²) < 4.78 is 12.8. The first-order valence-electron chi connectivity index (χ1n) is 3.77. The molecule has 0 aliphatic rings. The predicted octanol–water partition coefficient (Wildman–Crippen LogP) is 2.70. The molecule has 0 saturated carbocycles. The third-order valence-corrected chi connectivity index (χ3v) is 2.10. The van der Waals surface area contributed by atoms with Gasteiger partial charge in [-0.05, 0) is 18.6 Å². The molecule has 3 heteroatoms. The van der Waals surface area contributed by atoms with E-state index in [1.54, 1.807) is 24.3 Å². The Morgan fingerprint density at radius 3 is 2.50 bits per heavy atom. The quantitative estimate of drug-likeness (QED) is 0.757. The zero-order valence-corrected chi connectivity index (χ0v) is 7.55. The minimum Gasteiger partial charge on any atom is -0.322 e. The molecule has 0 saturated heterocycles. The van der Waals surface area contributed by atoms with Gasteiger partial charge in [0, 0.05) is 5.02 Å². The van der Waals surface area contributed by atoms with Gasteiger partial charge in [0.1, 0.15) is 6.17 Å². The third-order valence-electron chi connectivity index (χ3n) is 1.76. The lowest BCUT2D eigenvalue weighted by Crippen LogP contribution is -2.20. The Hall–Kier alpha value is -0.600. The van der Waals surface area contributed by atoms with Gasteiger partial charge < -0.3 is 5.73 Å². The lowest BCUT2D eigenvalue weighted by molar-refractivity contribution is 0.309. The maximum absolute atomic E-state index is 12.8. The molecular weight excluding hydrogens is 177 g/mol. The molecule has 1 aromatic carbocycles. The predicted molar refractivity (Wildman–Crippen MR) is 49.0 cm³/mol. The molecular formula is C9H11ClFN. The van der Waals surface area contributed by atoms with Crippen molar-refractivity contribution in [3.05, 3.63) is 34.9 Å². The lowest BCUT2D eigenvalue weighted by atomic mass is 10.0. The molecule has 2 unspecified atom stereocenters. The van der Waals surface area contributed by atoms with E-state index < -0.39 is 12.2 Å². The second kappa shape index (κ2) is 3.87. The molecule has 0 heterocycles. The molecule has 0 radical (unpaired) electrons. The van der Waals surface area contributed by atoms with Crippen LogP contribution in [-0.4, -0.2) is 6.17 Å². The summed E-state index contributed by atoms with van der Waals surface area (Å²) in [5.41, 5.74) is 6.24. The molecule has 2 N–H and O–H groups in total. The molecule has 2 atom stereocenters. The zero-order valence-electron chi connectivity index (χ0n) is 6.80. The van der Waals surface area contributed by atoms with Gasteiger partial charge in [-0.15, -0.1) is 0 Å². The van der Waals surface area contributed by atoms with E-state index in [2.05, 4.69) is 0 Å². The van der Waals surface area contributed by atoms with Crippen LogP contribution in [0.4, 0.5) is 4.39 Å². The van der Waals surface area contributed by atoms with E-state index in [4.69, 9.17) is 17.3 Å². The molecule has 0 bridgehead atoms. The van der Waals surface area contributed by atoms with Gasteiger partial charge in [-0.25, -0.2) is 4.39 Å². The summed E-state index contributed by atoms with van der Waals surface area (Å²) in [6.45, 7) is 1.42. The van der Waals surface area contributed by atoms with Crippen molar-refractivity contribution in [1.82, 2.24) is 0 Å². The SMILES string of the molecule is CC(F)C(N)c1ccccc1Cl. The largest absolute Gasteiger partial charge is 0.322 e.